The van der Waals surface area contributed by atoms with E-state index in [1.807, 2.05) is 54.0 Å². The maximum absolute atomic E-state index is 12.3. The molecular weight excluding hydrogens is 476 g/mol. The number of rotatable bonds is 6. The second-order valence-electron chi connectivity index (χ2n) is 6.19. The van der Waals surface area contributed by atoms with E-state index >= 15 is 0 Å². The highest BCUT2D eigenvalue weighted by Gasteiger charge is 2.18. The first-order valence-electron chi connectivity index (χ1n) is 8.84. The predicted molar refractivity (Wildman–Crippen MR) is 119 cm³/mol. The quantitative estimate of drug-likeness (QED) is 0.342. The summed E-state index contributed by atoms with van der Waals surface area (Å²) >= 11 is 10.8. The highest BCUT2D eigenvalue weighted by Crippen LogP contribution is 2.30. The smallest absolute Gasteiger partial charge is 0.234 e. The Labute approximate surface area is 184 Å². The number of halogens is 2. The number of benzene rings is 2. The van der Waals surface area contributed by atoms with Crippen LogP contribution in [0.25, 0.3) is 22.6 Å². The van der Waals surface area contributed by atoms with Gasteiger partial charge >= 0.3 is 0 Å². The molecule has 0 aliphatic heterocycles. The number of carbonyl (C=O) groups excluding carboxylic acids is 1. The van der Waals surface area contributed by atoms with Crippen LogP contribution in [-0.2, 0) is 11.3 Å². The summed E-state index contributed by atoms with van der Waals surface area (Å²) in [6.45, 7) is 2.65. The topological polar surface area (TPSA) is 73.0 Å². The van der Waals surface area contributed by atoms with Gasteiger partial charge in [-0.05, 0) is 55.5 Å². The molecule has 1 N–H and O–H groups in total. The number of amides is 1. The maximum atomic E-state index is 12.3. The molecule has 4 rings (SSSR count). The number of fused-ring (bicyclic) bond motifs is 1. The van der Waals surface area contributed by atoms with Crippen LogP contribution in [0.5, 0.6) is 0 Å². The third-order valence-electron chi connectivity index (χ3n) is 4.19. The zero-order chi connectivity index (χ0) is 20.4. The SMILES string of the molecule is CCn1c(SCC(=O)Nc2ccc(Br)cc2)nnc1-c1cc2cc(Cl)ccc2o1. The average molecular weight is 492 g/mol. The molecule has 0 bridgehead atoms. The van der Waals surface area contributed by atoms with Crippen LogP contribution in [0.4, 0.5) is 5.69 Å². The predicted octanol–water partition coefficient (Wildman–Crippen LogP) is 5.86. The van der Waals surface area contributed by atoms with E-state index in [4.69, 9.17) is 16.0 Å². The van der Waals surface area contributed by atoms with Gasteiger partial charge in [0.2, 0.25) is 11.7 Å². The lowest BCUT2D eigenvalue weighted by atomic mass is 10.2. The van der Waals surface area contributed by atoms with E-state index < -0.39 is 0 Å². The Bertz CT molecular complexity index is 1170. The number of aromatic nitrogens is 3. The van der Waals surface area contributed by atoms with Crippen molar-refractivity contribution < 1.29 is 9.21 Å². The first-order chi connectivity index (χ1) is 14.0. The van der Waals surface area contributed by atoms with Gasteiger partial charge in [0.05, 0.1) is 5.75 Å². The van der Waals surface area contributed by atoms with Crippen molar-refractivity contribution in [3.63, 3.8) is 0 Å². The molecule has 0 saturated heterocycles. The monoisotopic (exact) mass is 490 g/mol. The fourth-order valence-corrected chi connectivity index (χ4v) is 4.09. The molecule has 2 aromatic heterocycles. The number of furan rings is 1. The van der Waals surface area contributed by atoms with Crippen LogP contribution < -0.4 is 5.32 Å². The van der Waals surface area contributed by atoms with Crippen molar-refractivity contribution in [1.82, 2.24) is 14.8 Å². The fraction of sp³-hybridized carbons (Fsp3) is 0.150. The standard InChI is InChI=1S/C20H16BrClN4O2S/c1-2-26-19(17-10-12-9-14(22)5-8-16(12)28-17)24-25-20(26)29-11-18(27)23-15-6-3-13(21)4-7-15/h3-10H,2,11H2,1H3,(H,23,27). The summed E-state index contributed by atoms with van der Waals surface area (Å²) in [5.74, 6) is 1.35. The molecular formula is C20H16BrClN4O2S. The van der Waals surface area contributed by atoms with E-state index in [0.717, 1.165) is 21.1 Å². The average Bonchev–Trinajstić information content (AvgIpc) is 3.31. The van der Waals surface area contributed by atoms with Crippen LogP contribution in [0.2, 0.25) is 5.02 Å². The first-order valence-corrected chi connectivity index (χ1v) is 11.0. The normalized spacial score (nSPS) is 11.1. The Hall–Kier alpha value is -2.29. The minimum atomic E-state index is -0.108. The van der Waals surface area contributed by atoms with Gasteiger partial charge in [-0.3, -0.25) is 9.36 Å². The van der Waals surface area contributed by atoms with Gasteiger partial charge in [-0.25, -0.2) is 0 Å². The molecule has 0 aliphatic carbocycles. The molecule has 2 aromatic carbocycles. The summed E-state index contributed by atoms with van der Waals surface area (Å²) < 4.78 is 8.79. The maximum Gasteiger partial charge on any atom is 0.234 e. The lowest BCUT2D eigenvalue weighted by Gasteiger charge is -2.07. The summed E-state index contributed by atoms with van der Waals surface area (Å²) in [5, 5.41) is 13.6. The van der Waals surface area contributed by atoms with Crippen LogP contribution in [0.3, 0.4) is 0 Å². The number of hydrogen-bond acceptors (Lipinski definition) is 5. The van der Waals surface area contributed by atoms with Gasteiger partial charge in [-0.15, -0.1) is 10.2 Å². The van der Waals surface area contributed by atoms with Gasteiger partial charge in [0, 0.05) is 27.1 Å². The zero-order valence-corrected chi connectivity index (χ0v) is 18.5. The first kappa shape index (κ1) is 20.0. The van der Waals surface area contributed by atoms with Gasteiger partial charge in [-0.2, -0.15) is 0 Å². The van der Waals surface area contributed by atoms with Crippen molar-refractivity contribution in [3.05, 3.63) is 58.0 Å². The lowest BCUT2D eigenvalue weighted by Crippen LogP contribution is -2.14. The Morgan fingerprint density at radius 1 is 1.21 bits per heavy atom. The Morgan fingerprint density at radius 2 is 2.00 bits per heavy atom. The van der Waals surface area contributed by atoms with Crippen LogP contribution in [-0.4, -0.2) is 26.4 Å². The van der Waals surface area contributed by atoms with E-state index in [9.17, 15) is 4.79 Å². The molecule has 29 heavy (non-hydrogen) atoms. The Balaban J connectivity index is 1.49. The molecule has 0 atom stereocenters. The van der Waals surface area contributed by atoms with Crippen molar-refractivity contribution in [2.24, 2.45) is 0 Å². The van der Waals surface area contributed by atoms with Gasteiger partial charge in [0.15, 0.2) is 10.9 Å². The lowest BCUT2D eigenvalue weighted by molar-refractivity contribution is -0.113. The third kappa shape index (κ3) is 4.49. The van der Waals surface area contributed by atoms with Gasteiger partial charge in [0.25, 0.3) is 0 Å². The zero-order valence-electron chi connectivity index (χ0n) is 15.4. The van der Waals surface area contributed by atoms with Gasteiger partial charge < -0.3 is 9.73 Å². The highest BCUT2D eigenvalue weighted by atomic mass is 79.9. The highest BCUT2D eigenvalue weighted by molar-refractivity contribution is 9.10. The summed E-state index contributed by atoms with van der Waals surface area (Å²) in [6, 6.07) is 14.8. The van der Waals surface area contributed by atoms with E-state index in [0.29, 0.717) is 28.3 Å². The minimum Gasteiger partial charge on any atom is -0.453 e. The molecule has 1 amide bonds. The minimum absolute atomic E-state index is 0.108. The van der Waals surface area contributed by atoms with E-state index in [2.05, 4.69) is 31.4 Å². The molecule has 0 spiro atoms. The van der Waals surface area contributed by atoms with Crippen LogP contribution >= 0.6 is 39.3 Å². The number of carbonyl (C=O) groups is 1. The largest absolute Gasteiger partial charge is 0.453 e. The molecule has 9 heteroatoms. The van der Waals surface area contributed by atoms with Crippen LogP contribution in [0.1, 0.15) is 6.92 Å². The number of hydrogen-bond donors (Lipinski definition) is 1. The van der Waals surface area contributed by atoms with E-state index in [1.54, 1.807) is 6.07 Å². The number of nitrogens with one attached hydrogen (secondary N) is 1. The molecule has 0 radical (unpaired) electrons. The number of thioether (sulfide) groups is 1. The summed E-state index contributed by atoms with van der Waals surface area (Å²) in [6.07, 6.45) is 0. The third-order valence-corrected chi connectivity index (χ3v) is 5.92. The molecule has 2 heterocycles. The van der Waals surface area contributed by atoms with E-state index in [1.165, 1.54) is 11.8 Å². The second-order valence-corrected chi connectivity index (χ2v) is 8.48. The molecule has 4 aromatic rings. The molecule has 0 saturated carbocycles. The van der Waals surface area contributed by atoms with E-state index in [-0.39, 0.29) is 11.7 Å². The molecule has 0 unspecified atom stereocenters. The Morgan fingerprint density at radius 3 is 2.76 bits per heavy atom. The number of nitrogens with zero attached hydrogens (tertiary/aromatic N) is 3. The van der Waals surface area contributed by atoms with Crippen molar-refractivity contribution in [3.8, 4) is 11.6 Å². The molecule has 6 nitrogen and oxygen atoms in total. The van der Waals surface area contributed by atoms with Crippen molar-refractivity contribution >= 4 is 61.9 Å². The van der Waals surface area contributed by atoms with Crippen molar-refractivity contribution in [1.29, 1.82) is 0 Å². The molecule has 0 aliphatic rings. The van der Waals surface area contributed by atoms with Crippen LogP contribution in [0, 0.1) is 0 Å². The Kier molecular flexibility index (Phi) is 5.94. The summed E-state index contributed by atoms with van der Waals surface area (Å²) in [5.41, 5.74) is 1.48. The summed E-state index contributed by atoms with van der Waals surface area (Å²) in [4.78, 5) is 12.3. The molecule has 0 fully saturated rings. The summed E-state index contributed by atoms with van der Waals surface area (Å²) in [7, 11) is 0. The van der Waals surface area contributed by atoms with Crippen LogP contribution in [0.15, 0.2) is 62.6 Å². The van der Waals surface area contributed by atoms with Gasteiger partial charge in [-0.1, -0.05) is 39.3 Å². The second kappa shape index (κ2) is 8.61. The fourth-order valence-electron chi connectivity index (χ4n) is 2.85. The van der Waals surface area contributed by atoms with Gasteiger partial charge in [0.1, 0.15) is 5.58 Å². The number of anilines is 1. The molecule has 148 valence electrons. The van der Waals surface area contributed by atoms with Crippen molar-refractivity contribution in [2.75, 3.05) is 11.1 Å². The van der Waals surface area contributed by atoms with Crippen molar-refractivity contribution in [2.45, 2.75) is 18.6 Å².